The van der Waals surface area contributed by atoms with E-state index in [9.17, 15) is 9.59 Å². The van der Waals surface area contributed by atoms with E-state index in [4.69, 9.17) is 5.11 Å². The number of nitrogens with zero attached hydrogens (tertiary/aromatic N) is 2. The molecule has 23 heavy (non-hydrogen) atoms. The van der Waals surface area contributed by atoms with E-state index in [0.717, 1.165) is 42.8 Å². The number of benzene rings is 1. The van der Waals surface area contributed by atoms with Crippen LogP contribution in [0.1, 0.15) is 28.8 Å². The minimum Gasteiger partial charge on any atom is -0.481 e. The number of carbonyl (C=O) groups excluding carboxylic acids is 1. The summed E-state index contributed by atoms with van der Waals surface area (Å²) in [4.78, 5) is 29.3. The maximum absolute atomic E-state index is 12.3. The van der Waals surface area contributed by atoms with Gasteiger partial charge in [-0.25, -0.2) is 0 Å². The third kappa shape index (κ3) is 3.56. The number of rotatable bonds is 4. The van der Waals surface area contributed by atoms with Crippen LogP contribution in [0.25, 0.3) is 11.3 Å². The molecular weight excluding hydrogens is 292 g/mol. The van der Waals surface area contributed by atoms with Crippen LogP contribution in [0.3, 0.4) is 0 Å². The van der Waals surface area contributed by atoms with E-state index in [-0.39, 0.29) is 12.3 Å². The molecule has 1 aliphatic rings. The first-order valence-electron chi connectivity index (χ1n) is 7.70. The number of hydrogen-bond acceptors (Lipinski definition) is 3. The fourth-order valence-electron chi connectivity index (χ4n) is 2.81. The van der Waals surface area contributed by atoms with Crippen LogP contribution in [-0.4, -0.2) is 40.0 Å². The standard InChI is InChI=1S/C18H18N2O3/c21-17(22)11-13-4-3-5-14(10-13)16-7-6-15(12-19-16)18(23)20-8-1-2-9-20/h3-7,10,12H,1-2,8-9,11H2,(H,21,22). The summed E-state index contributed by atoms with van der Waals surface area (Å²) < 4.78 is 0. The molecule has 0 aliphatic carbocycles. The van der Waals surface area contributed by atoms with Crippen LogP contribution in [0.15, 0.2) is 42.6 Å². The van der Waals surface area contributed by atoms with Gasteiger partial charge in [0.25, 0.3) is 5.91 Å². The number of aliphatic carboxylic acids is 1. The molecule has 118 valence electrons. The molecule has 5 nitrogen and oxygen atoms in total. The predicted octanol–water partition coefficient (Wildman–Crippen LogP) is 2.61. The van der Waals surface area contributed by atoms with Crippen molar-refractivity contribution < 1.29 is 14.7 Å². The van der Waals surface area contributed by atoms with Gasteiger partial charge in [0, 0.05) is 24.8 Å². The fourth-order valence-corrected chi connectivity index (χ4v) is 2.81. The number of aromatic nitrogens is 1. The zero-order valence-electron chi connectivity index (χ0n) is 12.7. The van der Waals surface area contributed by atoms with Crippen LogP contribution >= 0.6 is 0 Å². The number of hydrogen-bond donors (Lipinski definition) is 1. The van der Waals surface area contributed by atoms with E-state index >= 15 is 0 Å². The first kappa shape index (κ1) is 15.2. The SMILES string of the molecule is O=C(O)Cc1cccc(-c2ccc(C(=O)N3CCCC3)cn2)c1. The molecule has 1 fully saturated rings. The van der Waals surface area contributed by atoms with E-state index in [1.54, 1.807) is 18.3 Å². The first-order valence-corrected chi connectivity index (χ1v) is 7.70. The maximum atomic E-state index is 12.3. The van der Waals surface area contributed by atoms with Gasteiger partial charge >= 0.3 is 5.97 Å². The van der Waals surface area contributed by atoms with Crippen molar-refractivity contribution in [2.45, 2.75) is 19.3 Å². The highest BCUT2D eigenvalue weighted by Gasteiger charge is 2.19. The Hall–Kier alpha value is -2.69. The lowest BCUT2D eigenvalue weighted by atomic mass is 10.0. The molecule has 0 bridgehead atoms. The molecule has 2 heterocycles. The van der Waals surface area contributed by atoms with E-state index in [0.29, 0.717) is 5.56 Å². The van der Waals surface area contributed by atoms with Gasteiger partial charge in [0.15, 0.2) is 0 Å². The zero-order valence-corrected chi connectivity index (χ0v) is 12.7. The molecule has 1 amide bonds. The van der Waals surface area contributed by atoms with Crippen molar-refractivity contribution in [2.24, 2.45) is 0 Å². The van der Waals surface area contributed by atoms with Gasteiger partial charge in [0.2, 0.25) is 0 Å². The Morgan fingerprint density at radius 1 is 1.13 bits per heavy atom. The van der Waals surface area contributed by atoms with Crippen LogP contribution in [-0.2, 0) is 11.2 Å². The van der Waals surface area contributed by atoms with Crippen LogP contribution in [0, 0.1) is 0 Å². The number of carbonyl (C=O) groups is 2. The molecule has 1 aromatic carbocycles. The lowest BCUT2D eigenvalue weighted by Crippen LogP contribution is -2.27. The average molecular weight is 310 g/mol. The topological polar surface area (TPSA) is 70.5 Å². The van der Waals surface area contributed by atoms with Crippen LogP contribution in [0.5, 0.6) is 0 Å². The Morgan fingerprint density at radius 3 is 2.57 bits per heavy atom. The molecule has 1 aromatic heterocycles. The summed E-state index contributed by atoms with van der Waals surface area (Å²) in [5, 5.41) is 8.87. The third-order valence-corrected chi connectivity index (χ3v) is 3.98. The largest absolute Gasteiger partial charge is 0.481 e. The van der Waals surface area contributed by atoms with Gasteiger partial charge in [-0.3, -0.25) is 14.6 Å². The molecule has 0 saturated carbocycles. The zero-order chi connectivity index (χ0) is 16.2. The molecular formula is C18H18N2O3. The van der Waals surface area contributed by atoms with Crippen molar-refractivity contribution >= 4 is 11.9 Å². The second kappa shape index (κ2) is 6.60. The highest BCUT2D eigenvalue weighted by atomic mass is 16.4. The molecule has 0 radical (unpaired) electrons. The molecule has 2 aromatic rings. The van der Waals surface area contributed by atoms with E-state index in [2.05, 4.69) is 4.98 Å². The van der Waals surface area contributed by atoms with Crippen molar-refractivity contribution in [1.82, 2.24) is 9.88 Å². The average Bonchev–Trinajstić information content (AvgIpc) is 3.08. The third-order valence-electron chi connectivity index (χ3n) is 3.98. The van der Waals surface area contributed by atoms with Crippen LogP contribution < -0.4 is 0 Å². The minimum absolute atomic E-state index is 0.0145. The van der Waals surface area contributed by atoms with Gasteiger partial charge < -0.3 is 10.0 Å². The minimum atomic E-state index is -0.860. The summed E-state index contributed by atoms with van der Waals surface area (Å²) >= 11 is 0. The summed E-state index contributed by atoms with van der Waals surface area (Å²) in [6.45, 7) is 1.63. The molecule has 5 heteroatoms. The van der Waals surface area contributed by atoms with Crippen molar-refractivity contribution in [2.75, 3.05) is 13.1 Å². The van der Waals surface area contributed by atoms with Crippen molar-refractivity contribution in [1.29, 1.82) is 0 Å². The number of carboxylic acid groups (broad SMARTS) is 1. The molecule has 0 spiro atoms. The van der Waals surface area contributed by atoms with Gasteiger partial charge in [0.1, 0.15) is 0 Å². The second-order valence-corrected chi connectivity index (χ2v) is 5.70. The Kier molecular flexibility index (Phi) is 4.37. The lowest BCUT2D eigenvalue weighted by Gasteiger charge is -2.15. The van der Waals surface area contributed by atoms with Gasteiger partial charge in [0.05, 0.1) is 17.7 Å². The summed E-state index contributed by atoms with van der Waals surface area (Å²) in [6, 6.07) is 10.9. The van der Waals surface area contributed by atoms with Crippen molar-refractivity contribution in [3.05, 3.63) is 53.7 Å². The second-order valence-electron chi connectivity index (χ2n) is 5.70. The molecule has 1 aliphatic heterocycles. The Labute approximate surface area is 134 Å². The summed E-state index contributed by atoms with van der Waals surface area (Å²) in [6.07, 6.45) is 3.71. The van der Waals surface area contributed by atoms with E-state index in [1.807, 2.05) is 29.2 Å². The molecule has 0 unspecified atom stereocenters. The smallest absolute Gasteiger partial charge is 0.307 e. The summed E-state index contributed by atoms with van der Waals surface area (Å²) in [5.41, 5.74) is 2.91. The van der Waals surface area contributed by atoms with Crippen molar-refractivity contribution in [3.63, 3.8) is 0 Å². The normalized spacial score (nSPS) is 14.0. The Morgan fingerprint density at radius 2 is 1.91 bits per heavy atom. The highest BCUT2D eigenvalue weighted by Crippen LogP contribution is 2.20. The Bertz CT molecular complexity index is 719. The fraction of sp³-hybridized carbons (Fsp3) is 0.278. The van der Waals surface area contributed by atoms with Gasteiger partial charge in [-0.05, 0) is 36.6 Å². The van der Waals surface area contributed by atoms with Gasteiger partial charge in [-0.1, -0.05) is 18.2 Å². The lowest BCUT2D eigenvalue weighted by molar-refractivity contribution is -0.136. The van der Waals surface area contributed by atoms with Gasteiger partial charge in [-0.2, -0.15) is 0 Å². The quantitative estimate of drug-likeness (QED) is 0.942. The number of carboxylic acids is 1. The molecule has 1 N–H and O–H groups in total. The van der Waals surface area contributed by atoms with E-state index in [1.165, 1.54) is 0 Å². The highest BCUT2D eigenvalue weighted by molar-refractivity contribution is 5.94. The van der Waals surface area contributed by atoms with Crippen LogP contribution in [0.4, 0.5) is 0 Å². The first-order chi connectivity index (χ1) is 11.1. The monoisotopic (exact) mass is 310 g/mol. The number of amides is 1. The van der Waals surface area contributed by atoms with E-state index < -0.39 is 5.97 Å². The molecule has 1 saturated heterocycles. The van der Waals surface area contributed by atoms with Gasteiger partial charge in [-0.15, -0.1) is 0 Å². The van der Waals surface area contributed by atoms with Crippen molar-refractivity contribution in [3.8, 4) is 11.3 Å². The van der Waals surface area contributed by atoms with Crippen LogP contribution in [0.2, 0.25) is 0 Å². The maximum Gasteiger partial charge on any atom is 0.307 e. The Balaban J connectivity index is 1.79. The summed E-state index contributed by atoms with van der Waals surface area (Å²) in [5.74, 6) is -0.831. The molecule has 3 rings (SSSR count). The number of pyridine rings is 1. The number of likely N-dealkylation sites (tertiary alicyclic amines) is 1. The summed E-state index contributed by atoms with van der Waals surface area (Å²) in [7, 11) is 0. The predicted molar refractivity (Wildman–Crippen MR) is 86.2 cm³/mol. The molecule has 0 atom stereocenters.